The minimum absolute atomic E-state index is 0.0436. The monoisotopic (exact) mass is 420 g/mol. The summed E-state index contributed by atoms with van der Waals surface area (Å²) in [6.45, 7) is 3.71. The number of rotatable bonds is 7. The van der Waals surface area contributed by atoms with Crippen LogP contribution in [0.4, 0.5) is 0 Å². The van der Waals surface area contributed by atoms with E-state index in [0.29, 0.717) is 29.9 Å². The van der Waals surface area contributed by atoms with Crippen molar-refractivity contribution in [3.8, 4) is 11.4 Å². The van der Waals surface area contributed by atoms with E-state index in [1.54, 1.807) is 26.1 Å². The molecule has 0 saturated carbocycles. The molecule has 2 heterocycles. The number of esters is 1. The van der Waals surface area contributed by atoms with Gasteiger partial charge in [-0.05, 0) is 50.6 Å². The van der Waals surface area contributed by atoms with E-state index < -0.39 is 5.97 Å². The van der Waals surface area contributed by atoms with Crippen LogP contribution in [0, 0.1) is 0 Å². The predicted octanol–water partition coefficient (Wildman–Crippen LogP) is 2.59. The lowest BCUT2D eigenvalue weighted by Gasteiger charge is -2.31. The molecule has 1 saturated heterocycles. The largest absolute Gasteiger partial charge is 0.465 e. The van der Waals surface area contributed by atoms with Gasteiger partial charge < -0.3 is 14.2 Å². The van der Waals surface area contributed by atoms with E-state index in [-0.39, 0.29) is 24.9 Å². The molecule has 0 N–H and O–H groups in total. The summed E-state index contributed by atoms with van der Waals surface area (Å²) in [5, 5.41) is 4.73. The summed E-state index contributed by atoms with van der Waals surface area (Å²) in [4.78, 5) is 32.0. The Balaban J connectivity index is 1.57. The van der Waals surface area contributed by atoms with Gasteiger partial charge >= 0.3 is 5.97 Å². The molecule has 0 aliphatic carbocycles. The van der Waals surface area contributed by atoms with Crippen molar-refractivity contribution in [3.05, 3.63) is 35.2 Å². The van der Waals surface area contributed by atoms with Crippen LogP contribution in [0.25, 0.3) is 11.4 Å². The molecule has 1 amide bonds. The van der Waals surface area contributed by atoms with Gasteiger partial charge in [0.1, 0.15) is 6.54 Å². The van der Waals surface area contributed by atoms with E-state index in [1.165, 1.54) is 4.90 Å². The van der Waals surface area contributed by atoms with E-state index >= 15 is 0 Å². The van der Waals surface area contributed by atoms with Gasteiger partial charge in [0.2, 0.25) is 17.6 Å². The number of ether oxygens (including phenoxy) is 1. The number of aromatic nitrogens is 2. The Kier molecular flexibility index (Phi) is 7.22. The summed E-state index contributed by atoms with van der Waals surface area (Å²) in [5.41, 5.74) is 0.841. The molecule has 1 aliphatic rings. The molecule has 9 heteroatoms. The Hall–Kier alpha value is -2.45. The highest BCUT2D eigenvalue weighted by atomic mass is 35.5. The van der Waals surface area contributed by atoms with Crippen LogP contribution in [-0.4, -0.2) is 71.7 Å². The van der Waals surface area contributed by atoms with Gasteiger partial charge in [-0.3, -0.25) is 14.5 Å². The van der Waals surface area contributed by atoms with Crippen molar-refractivity contribution < 1.29 is 18.8 Å². The maximum Gasteiger partial charge on any atom is 0.325 e. The van der Waals surface area contributed by atoms with Gasteiger partial charge in [0.05, 0.1) is 19.1 Å². The topological polar surface area (TPSA) is 88.8 Å². The quantitative estimate of drug-likeness (QED) is 0.636. The number of carbonyl (C=O) groups is 2. The van der Waals surface area contributed by atoms with Gasteiger partial charge in [-0.25, -0.2) is 0 Å². The molecule has 2 aromatic rings. The molecule has 1 aromatic heterocycles. The summed E-state index contributed by atoms with van der Waals surface area (Å²) in [6.07, 6.45) is 1.85. The number of hydrogen-bond acceptors (Lipinski definition) is 7. The number of nitrogens with zero attached hydrogens (tertiary/aromatic N) is 4. The number of piperidine rings is 1. The van der Waals surface area contributed by atoms with E-state index in [1.807, 2.05) is 12.1 Å². The van der Waals surface area contributed by atoms with E-state index in [2.05, 4.69) is 15.0 Å². The zero-order valence-corrected chi connectivity index (χ0v) is 17.4. The zero-order valence-electron chi connectivity index (χ0n) is 16.6. The molecule has 0 bridgehead atoms. The standard InChI is InChI=1S/C20H25ClN4O4/c1-3-28-18(27)13-24(2)17(26)12-25-10-4-5-15(11-25)20-22-19(23-29-20)14-6-8-16(21)9-7-14/h6-9,15H,3-5,10-13H2,1-2H3. The van der Waals surface area contributed by atoms with Gasteiger partial charge in [-0.15, -0.1) is 0 Å². The molecule has 0 radical (unpaired) electrons. The highest BCUT2D eigenvalue weighted by Crippen LogP contribution is 2.28. The molecule has 1 atom stereocenters. The van der Waals surface area contributed by atoms with Crippen molar-refractivity contribution in [3.63, 3.8) is 0 Å². The normalized spacial score (nSPS) is 17.1. The van der Waals surface area contributed by atoms with Crippen LogP contribution in [-0.2, 0) is 14.3 Å². The average molecular weight is 421 g/mol. The minimum atomic E-state index is -0.402. The van der Waals surface area contributed by atoms with Gasteiger partial charge in [0, 0.05) is 24.2 Å². The van der Waals surface area contributed by atoms with Crippen LogP contribution < -0.4 is 0 Å². The lowest BCUT2D eigenvalue weighted by molar-refractivity contribution is -0.148. The third-order valence-electron chi connectivity index (χ3n) is 4.86. The highest BCUT2D eigenvalue weighted by molar-refractivity contribution is 6.30. The summed E-state index contributed by atoms with van der Waals surface area (Å²) >= 11 is 5.92. The average Bonchev–Trinajstić information content (AvgIpc) is 3.19. The first kappa shape index (κ1) is 21.3. The fourth-order valence-electron chi connectivity index (χ4n) is 3.32. The fraction of sp³-hybridized carbons (Fsp3) is 0.500. The second-order valence-corrected chi connectivity index (χ2v) is 7.53. The van der Waals surface area contributed by atoms with Crippen molar-refractivity contribution in [1.29, 1.82) is 0 Å². The van der Waals surface area contributed by atoms with Gasteiger partial charge in [0.25, 0.3) is 0 Å². The van der Waals surface area contributed by atoms with Crippen LogP contribution >= 0.6 is 11.6 Å². The van der Waals surface area contributed by atoms with Crippen LogP contribution in [0.5, 0.6) is 0 Å². The summed E-state index contributed by atoms with van der Waals surface area (Å²) < 4.78 is 10.4. The number of hydrogen-bond donors (Lipinski definition) is 0. The number of carbonyl (C=O) groups excluding carboxylic acids is 2. The lowest BCUT2D eigenvalue weighted by Crippen LogP contribution is -2.44. The lowest BCUT2D eigenvalue weighted by atomic mass is 9.98. The second kappa shape index (κ2) is 9.84. The number of halogens is 1. The highest BCUT2D eigenvalue weighted by Gasteiger charge is 2.28. The zero-order chi connectivity index (χ0) is 20.8. The fourth-order valence-corrected chi connectivity index (χ4v) is 3.44. The smallest absolute Gasteiger partial charge is 0.325 e. The maximum atomic E-state index is 12.4. The Bertz CT molecular complexity index is 839. The first-order valence-corrected chi connectivity index (χ1v) is 10.1. The number of benzene rings is 1. The Morgan fingerprint density at radius 2 is 2.10 bits per heavy atom. The molecule has 1 aromatic carbocycles. The molecule has 3 rings (SSSR count). The molecule has 29 heavy (non-hydrogen) atoms. The van der Waals surface area contributed by atoms with Gasteiger partial charge in [-0.1, -0.05) is 16.8 Å². The predicted molar refractivity (Wildman–Crippen MR) is 107 cm³/mol. The Morgan fingerprint density at radius 3 is 2.83 bits per heavy atom. The summed E-state index contributed by atoms with van der Waals surface area (Å²) in [5.74, 6) is 0.651. The van der Waals surface area contributed by atoms with Gasteiger partial charge in [-0.2, -0.15) is 4.98 Å². The first-order valence-electron chi connectivity index (χ1n) is 9.67. The number of likely N-dealkylation sites (tertiary alicyclic amines) is 1. The molecular weight excluding hydrogens is 396 g/mol. The van der Waals surface area contributed by atoms with E-state index in [9.17, 15) is 9.59 Å². The third-order valence-corrected chi connectivity index (χ3v) is 5.11. The number of amides is 1. The molecular formula is C20H25ClN4O4. The first-order chi connectivity index (χ1) is 14.0. The van der Waals surface area contributed by atoms with Crippen molar-refractivity contribution in [2.24, 2.45) is 0 Å². The molecule has 1 aliphatic heterocycles. The van der Waals surface area contributed by atoms with E-state index in [0.717, 1.165) is 24.9 Å². The summed E-state index contributed by atoms with van der Waals surface area (Å²) in [7, 11) is 1.61. The molecule has 8 nitrogen and oxygen atoms in total. The summed E-state index contributed by atoms with van der Waals surface area (Å²) in [6, 6.07) is 7.27. The number of likely N-dealkylation sites (N-methyl/N-ethyl adjacent to an activating group) is 1. The van der Waals surface area contributed by atoms with Crippen molar-refractivity contribution in [1.82, 2.24) is 19.9 Å². The molecule has 1 unspecified atom stereocenters. The molecule has 0 spiro atoms. The van der Waals surface area contributed by atoms with Crippen LogP contribution in [0.2, 0.25) is 5.02 Å². The van der Waals surface area contributed by atoms with Gasteiger partial charge in [0.15, 0.2) is 0 Å². The van der Waals surface area contributed by atoms with Crippen LogP contribution in [0.15, 0.2) is 28.8 Å². The Morgan fingerprint density at radius 1 is 1.34 bits per heavy atom. The maximum absolute atomic E-state index is 12.4. The van der Waals surface area contributed by atoms with Crippen molar-refractivity contribution >= 4 is 23.5 Å². The van der Waals surface area contributed by atoms with Crippen molar-refractivity contribution in [2.45, 2.75) is 25.7 Å². The molecule has 1 fully saturated rings. The van der Waals surface area contributed by atoms with Crippen molar-refractivity contribution in [2.75, 3.05) is 39.8 Å². The minimum Gasteiger partial charge on any atom is -0.465 e. The third kappa shape index (κ3) is 5.77. The Labute approximate surface area is 174 Å². The molecule has 156 valence electrons. The SMILES string of the molecule is CCOC(=O)CN(C)C(=O)CN1CCCC(c2nc(-c3ccc(Cl)cc3)no2)C1. The van der Waals surface area contributed by atoms with Crippen LogP contribution in [0.1, 0.15) is 31.6 Å². The van der Waals surface area contributed by atoms with E-state index in [4.69, 9.17) is 20.9 Å². The van der Waals surface area contributed by atoms with Crippen LogP contribution in [0.3, 0.4) is 0 Å². The second-order valence-electron chi connectivity index (χ2n) is 7.09.